The molecule has 1 amide bonds. The molecule has 3 N–H and O–H groups in total. The largest absolute Gasteiger partial charge is 0.494 e. The Morgan fingerprint density at radius 3 is 2.54 bits per heavy atom. The average Bonchev–Trinajstić information content (AvgIpc) is 2.66. The van der Waals surface area contributed by atoms with Crippen molar-refractivity contribution in [3.05, 3.63) is 65.2 Å². The molecule has 2 atom stereocenters. The molecule has 2 unspecified atom stereocenters. The second-order valence-corrected chi connectivity index (χ2v) is 5.47. The summed E-state index contributed by atoms with van der Waals surface area (Å²) in [6, 6.07) is 10.8. The van der Waals surface area contributed by atoms with Gasteiger partial charge in [-0.25, -0.2) is 9.18 Å². The summed E-state index contributed by atoms with van der Waals surface area (Å²) in [6.45, 7) is -0.304. The van der Waals surface area contributed by atoms with E-state index in [1.807, 2.05) is 6.07 Å². The first-order valence-electron chi connectivity index (χ1n) is 7.76. The number of aliphatic hydroxyl groups excluding tert-OH is 2. The second kappa shape index (κ2) is 9.12. The molecule has 0 bridgehead atoms. The van der Waals surface area contributed by atoms with E-state index in [1.165, 1.54) is 0 Å². The van der Waals surface area contributed by atoms with Gasteiger partial charge in [-0.1, -0.05) is 30.3 Å². The van der Waals surface area contributed by atoms with E-state index >= 15 is 0 Å². The summed E-state index contributed by atoms with van der Waals surface area (Å²) in [6.07, 6.45) is -3.81. The molecule has 0 aliphatic heterocycles. The predicted molar refractivity (Wildman–Crippen MR) is 88.5 cm³/mol. The van der Waals surface area contributed by atoms with Gasteiger partial charge < -0.3 is 25.0 Å². The standard InChI is InChI=1S/C18H19F2NO5/c1-25-15-8-12(7-13(19)16(15)20)17(23)14(22)9-21-18(24)26-10-11-5-3-2-4-6-11/h2-8,14,17,22-23H,9-10H2,1H3,(H,21,24). The lowest BCUT2D eigenvalue weighted by molar-refractivity contribution is 0.0180. The highest BCUT2D eigenvalue weighted by atomic mass is 19.2. The van der Waals surface area contributed by atoms with Crippen molar-refractivity contribution in [2.45, 2.75) is 18.8 Å². The molecule has 6 nitrogen and oxygen atoms in total. The van der Waals surface area contributed by atoms with Crippen LogP contribution in [0.4, 0.5) is 13.6 Å². The number of amides is 1. The van der Waals surface area contributed by atoms with Gasteiger partial charge in [0, 0.05) is 6.54 Å². The molecule has 140 valence electrons. The number of methoxy groups -OCH3 is 1. The average molecular weight is 367 g/mol. The maximum atomic E-state index is 13.5. The molecule has 2 rings (SSSR count). The third-order valence-electron chi connectivity index (χ3n) is 3.61. The van der Waals surface area contributed by atoms with Gasteiger partial charge in [0.25, 0.3) is 0 Å². The van der Waals surface area contributed by atoms with Gasteiger partial charge in [0.1, 0.15) is 18.8 Å². The zero-order valence-electron chi connectivity index (χ0n) is 14.0. The smallest absolute Gasteiger partial charge is 0.407 e. The summed E-state index contributed by atoms with van der Waals surface area (Å²) in [5, 5.41) is 22.3. The van der Waals surface area contributed by atoms with E-state index in [1.54, 1.807) is 24.3 Å². The third kappa shape index (κ3) is 5.14. The summed E-state index contributed by atoms with van der Waals surface area (Å²) in [5.74, 6) is -2.82. The molecule has 0 aliphatic rings. The van der Waals surface area contributed by atoms with E-state index in [9.17, 15) is 23.8 Å². The Balaban J connectivity index is 1.88. The number of hydrogen-bond donors (Lipinski definition) is 3. The number of carbonyl (C=O) groups excluding carboxylic acids is 1. The topological polar surface area (TPSA) is 88.0 Å². The number of halogens is 2. The van der Waals surface area contributed by atoms with Gasteiger partial charge in [-0.15, -0.1) is 0 Å². The zero-order chi connectivity index (χ0) is 19.1. The fourth-order valence-corrected chi connectivity index (χ4v) is 2.20. The van der Waals surface area contributed by atoms with Crippen molar-refractivity contribution in [2.24, 2.45) is 0 Å². The highest BCUT2D eigenvalue weighted by Gasteiger charge is 2.23. The van der Waals surface area contributed by atoms with Crippen molar-refractivity contribution in [2.75, 3.05) is 13.7 Å². The van der Waals surface area contributed by atoms with Gasteiger partial charge >= 0.3 is 6.09 Å². The van der Waals surface area contributed by atoms with Crippen LogP contribution in [0, 0.1) is 11.6 Å². The van der Waals surface area contributed by atoms with Gasteiger partial charge in [-0.05, 0) is 23.3 Å². The van der Waals surface area contributed by atoms with Crippen LogP contribution in [0.2, 0.25) is 0 Å². The SMILES string of the molecule is COc1cc(C(O)C(O)CNC(=O)OCc2ccccc2)cc(F)c1F. The molecule has 0 aliphatic carbocycles. The van der Waals surface area contributed by atoms with Crippen LogP contribution < -0.4 is 10.1 Å². The van der Waals surface area contributed by atoms with Gasteiger partial charge in [0.2, 0.25) is 5.82 Å². The molecular formula is C18H19F2NO5. The summed E-state index contributed by atoms with van der Waals surface area (Å²) < 4.78 is 36.5. The number of alkyl carbamates (subject to hydrolysis) is 1. The summed E-state index contributed by atoms with van der Waals surface area (Å²) in [7, 11) is 1.15. The van der Waals surface area contributed by atoms with Crippen LogP contribution in [0.15, 0.2) is 42.5 Å². The van der Waals surface area contributed by atoms with Crippen LogP contribution in [0.25, 0.3) is 0 Å². The van der Waals surface area contributed by atoms with E-state index in [-0.39, 0.29) is 18.7 Å². The fraction of sp³-hybridized carbons (Fsp3) is 0.278. The number of aliphatic hydroxyl groups is 2. The lowest BCUT2D eigenvalue weighted by atomic mass is 10.0. The van der Waals surface area contributed by atoms with E-state index in [2.05, 4.69) is 10.1 Å². The predicted octanol–water partition coefficient (Wildman–Crippen LogP) is 2.29. The first kappa shape index (κ1) is 19.6. The first-order valence-corrected chi connectivity index (χ1v) is 7.76. The molecule has 0 spiro atoms. The Hall–Kier alpha value is -2.71. The van der Waals surface area contributed by atoms with Gasteiger partial charge in [0.05, 0.1) is 7.11 Å². The number of rotatable bonds is 7. The van der Waals surface area contributed by atoms with Crippen molar-refractivity contribution in [1.29, 1.82) is 0 Å². The number of hydrogen-bond acceptors (Lipinski definition) is 5. The molecular weight excluding hydrogens is 348 g/mol. The normalized spacial score (nSPS) is 13.0. The van der Waals surface area contributed by atoms with Gasteiger partial charge in [-0.2, -0.15) is 4.39 Å². The van der Waals surface area contributed by atoms with Crippen molar-refractivity contribution in [3.63, 3.8) is 0 Å². The van der Waals surface area contributed by atoms with Crippen molar-refractivity contribution < 1.29 is 33.3 Å². The van der Waals surface area contributed by atoms with Gasteiger partial charge in [-0.3, -0.25) is 0 Å². The van der Waals surface area contributed by atoms with Crippen molar-refractivity contribution in [1.82, 2.24) is 5.32 Å². The van der Waals surface area contributed by atoms with E-state index in [0.717, 1.165) is 24.8 Å². The Labute approximate surface area is 149 Å². The minimum Gasteiger partial charge on any atom is -0.494 e. The molecule has 2 aromatic carbocycles. The molecule has 8 heteroatoms. The number of ether oxygens (including phenoxy) is 2. The Morgan fingerprint density at radius 1 is 1.19 bits per heavy atom. The molecule has 26 heavy (non-hydrogen) atoms. The molecule has 0 saturated heterocycles. The Bertz CT molecular complexity index is 742. The van der Waals surface area contributed by atoms with E-state index in [4.69, 9.17) is 4.74 Å². The number of carbonyl (C=O) groups is 1. The third-order valence-corrected chi connectivity index (χ3v) is 3.61. The van der Waals surface area contributed by atoms with Crippen LogP contribution in [0.5, 0.6) is 5.75 Å². The minimum atomic E-state index is -1.56. The lowest BCUT2D eigenvalue weighted by Gasteiger charge is -2.19. The molecule has 0 radical (unpaired) electrons. The highest BCUT2D eigenvalue weighted by Crippen LogP contribution is 2.26. The highest BCUT2D eigenvalue weighted by molar-refractivity contribution is 5.67. The monoisotopic (exact) mass is 367 g/mol. The van der Waals surface area contributed by atoms with Crippen LogP contribution in [-0.4, -0.2) is 36.1 Å². The maximum absolute atomic E-state index is 13.5. The van der Waals surface area contributed by atoms with Crippen LogP contribution in [-0.2, 0) is 11.3 Å². The number of nitrogens with one attached hydrogen (secondary N) is 1. The summed E-state index contributed by atoms with van der Waals surface area (Å²) in [5.41, 5.74) is 0.699. The maximum Gasteiger partial charge on any atom is 0.407 e. The van der Waals surface area contributed by atoms with E-state index in [0.29, 0.717) is 0 Å². The minimum absolute atomic E-state index is 0.0473. The van der Waals surface area contributed by atoms with Crippen LogP contribution >= 0.6 is 0 Å². The molecule has 2 aromatic rings. The lowest BCUT2D eigenvalue weighted by Crippen LogP contribution is -2.35. The molecule has 0 saturated carbocycles. The molecule has 0 heterocycles. The second-order valence-electron chi connectivity index (χ2n) is 5.47. The molecule has 0 fully saturated rings. The fourth-order valence-electron chi connectivity index (χ4n) is 2.20. The van der Waals surface area contributed by atoms with E-state index < -0.39 is 35.7 Å². The zero-order valence-corrected chi connectivity index (χ0v) is 14.0. The molecule has 0 aromatic heterocycles. The Kier molecular flexibility index (Phi) is 6.88. The summed E-state index contributed by atoms with van der Waals surface area (Å²) in [4.78, 5) is 11.6. The first-order chi connectivity index (χ1) is 12.4. The van der Waals surface area contributed by atoms with Crippen LogP contribution in [0.3, 0.4) is 0 Å². The van der Waals surface area contributed by atoms with Crippen molar-refractivity contribution in [3.8, 4) is 5.75 Å². The Morgan fingerprint density at radius 2 is 1.88 bits per heavy atom. The quantitative estimate of drug-likeness (QED) is 0.699. The summed E-state index contributed by atoms with van der Waals surface area (Å²) >= 11 is 0. The number of benzene rings is 2. The van der Waals surface area contributed by atoms with Gasteiger partial charge in [0.15, 0.2) is 11.6 Å². The van der Waals surface area contributed by atoms with Crippen molar-refractivity contribution >= 4 is 6.09 Å². The van der Waals surface area contributed by atoms with Crippen LogP contribution in [0.1, 0.15) is 17.2 Å².